The number of imidazole rings is 1. The molecule has 0 aliphatic carbocycles. The summed E-state index contributed by atoms with van der Waals surface area (Å²) >= 11 is 0. The summed E-state index contributed by atoms with van der Waals surface area (Å²) in [6, 6.07) is 13.2. The summed E-state index contributed by atoms with van der Waals surface area (Å²) in [7, 11) is 0. The van der Waals surface area contributed by atoms with Crippen LogP contribution in [0.3, 0.4) is 0 Å². The summed E-state index contributed by atoms with van der Waals surface area (Å²) in [5.41, 5.74) is 3.33. The highest BCUT2D eigenvalue weighted by Crippen LogP contribution is 2.39. The van der Waals surface area contributed by atoms with Crippen LogP contribution in [0.4, 0.5) is 11.6 Å². The minimum Gasteiger partial charge on any atom is -0.458 e. The fourth-order valence-corrected chi connectivity index (χ4v) is 3.53. The van der Waals surface area contributed by atoms with Gasteiger partial charge in [0.15, 0.2) is 0 Å². The van der Waals surface area contributed by atoms with Gasteiger partial charge in [0.05, 0.1) is 27.6 Å². The van der Waals surface area contributed by atoms with Gasteiger partial charge < -0.3 is 10.1 Å². The third kappa shape index (κ3) is 3.14. The summed E-state index contributed by atoms with van der Waals surface area (Å²) < 4.78 is 7.23. The molecule has 0 fully saturated rings. The Hall–Kier alpha value is -3.94. The van der Waals surface area contributed by atoms with Crippen LogP contribution < -0.4 is 5.32 Å². The van der Waals surface area contributed by atoms with Crippen LogP contribution >= 0.6 is 0 Å². The fourth-order valence-electron chi connectivity index (χ4n) is 3.53. The Balaban J connectivity index is 1.91. The van der Waals surface area contributed by atoms with Crippen LogP contribution in [0, 0.1) is 10.1 Å². The van der Waals surface area contributed by atoms with E-state index in [1.165, 1.54) is 18.2 Å². The highest BCUT2D eigenvalue weighted by molar-refractivity contribution is 5.94. The number of rotatable bonds is 5. The van der Waals surface area contributed by atoms with Crippen molar-refractivity contribution in [3.8, 4) is 0 Å². The van der Waals surface area contributed by atoms with Crippen molar-refractivity contribution in [1.29, 1.82) is 0 Å². The number of carbonyl (C=O) groups excluding carboxylic acids is 1. The molecular formula is C21H18N4O4. The van der Waals surface area contributed by atoms with Gasteiger partial charge in [-0.2, -0.15) is 0 Å². The van der Waals surface area contributed by atoms with Crippen molar-refractivity contribution in [2.24, 2.45) is 0 Å². The van der Waals surface area contributed by atoms with E-state index in [2.05, 4.69) is 16.9 Å². The minimum atomic E-state index is -0.545. The number of nitro benzene ring substituents is 1. The first-order valence-corrected chi connectivity index (χ1v) is 8.98. The lowest BCUT2D eigenvalue weighted by Crippen LogP contribution is -2.29. The molecule has 0 saturated carbocycles. The van der Waals surface area contributed by atoms with Crippen molar-refractivity contribution in [2.45, 2.75) is 13.0 Å². The predicted octanol–water partition coefficient (Wildman–Crippen LogP) is 3.96. The van der Waals surface area contributed by atoms with Crippen molar-refractivity contribution >= 4 is 28.6 Å². The number of esters is 1. The first-order chi connectivity index (χ1) is 14.0. The molecular weight excluding hydrogens is 372 g/mol. The Kier molecular flexibility index (Phi) is 4.59. The van der Waals surface area contributed by atoms with Crippen LogP contribution in [0.15, 0.2) is 72.5 Å². The third-order valence-corrected chi connectivity index (χ3v) is 4.80. The monoisotopic (exact) mass is 390 g/mol. The van der Waals surface area contributed by atoms with E-state index in [1.54, 1.807) is 19.1 Å². The van der Waals surface area contributed by atoms with E-state index >= 15 is 0 Å². The smallest absolute Gasteiger partial charge is 0.338 e. The van der Waals surface area contributed by atoms with Crippen molar-refractivity contribution < 1.29 is 14.5 Å². The van der Waals surface area contributed by atoms with Crippen LogP contribution in [0.25, 0.3) is 11.0 Å². The molecule has 3 aromatic rings. The number of non-ortho nitro benzene ring substituents is 1. The Morgan fingerprint density at radius 2 is 2.03 bits per heavy atom. The number of allylic oxidation sites excluding steroid dienone is 1. The first-order valence-electron chi connectivity index (χ1n) is 8.98. The van der Waals surface area contributed by atoms with Gasteiger partial charge in [-0.1, -0.05) is 24.8 Å². The number of hydrogen-bond acceptors (Lipinski definition) is 6. The summed E-state index contributed by atoms with van der Waals surface area (Å²) in [6.07, 6.45) is 1.50. The largest absolute Gasteiger partial charge is 0.458 e. The van der Waals surface area contributed by atoms with Gasteiger partial charge in [-0.05, 0) is 36.8 Å². The number of nitro groups is 1. The SMILES string of the molecule is C=CCOC(=O)C1=C(C)Nc2nc3ccccc3n2[C@@H]1c1ccc([N+](=O)[O-])cc1. The van der Waals surface area contributed by atoms with Gasteiger partial charge in [0, 0.05) is 17.8 Å². The summed E-state index contributed by atoms with van der Waals surface area (Å²) in [5.74, 6) is 0.106. The van der Waals surface area contributed by atoms with E-state index in [-0.39, 0.29) is 12.3 Å². The number of fused-ring (bicyclic) bond motifs is 3. The number of aromatic nitrogens is 2. The first kappa shape index (κ1) is 18.4. The summed E-state index contributed by atoms with van der Waals surface area (Å²) in [5, 5.41) is 14.2. The van der Waals surface area contributed by atoms with E-state index < -0.39 is 16.9 Å². The van der Waals surface area contributed by atoms with Crippen LogP contribution in [-0.4, -0.2) is 27.1 Å². The Morgan fingerprint density at radius 3 is 2.72 bits per heavy atom. The Labute approximate surface area is 166 Å². The van der Waals surface area contributed by atoms with Crippen molar-refractivity contribution in [3.63, 3.8) is 0 Å². The second-order valence-corrected chi connectivity index (χ2v) is 6.60. The zero-order valence-electron chi connectivity index (χ0n) is 15.7. The van der Waals surface area contributed by atoms with Gasteiger partial charge in [-0.15, -0.1) is 0 Å². The molecule has 2 aromatic carbocycles. The number of carbonyl (C=O) groups is 1. The molecule has 8 heteroatoms. The number of nitrogens with one attached hydrogen (secondary N) is 1. The maximum Gasteiger partial charge on any atom is 0.338 e. The molecule has 0 spiro atoms. The molecule has 1 aliphatic rings. The van der Waals surface area contributed by atoms with Crippen molar-refractivity contribution in [1.82, 2.24) is 9.55 Å². The molecule has 1 aliphatic heterocycles. The zero-order chi connectivity index (χ0) is 20.5. The molecule has 0 unspecified atom stereocenters. The van der Waals surface area contributed by atoms with Gasteiger partial charge >= 0.3 is 5.97 Å². The molecule has 4 rings (SSSR count). The van der Waals surface area contributed by atoms with E-state index in [9.17, 15) is 14.9 Å². The lowest BCUT2D eigenvalue weighted by atomic mass is 9.95. The molecule has 146 valence electrons. The number of para-hydroxylation sites is 2. The van der Waals surface area contributed by atoms with Gasteiger partial charge in [0.25, 0.3) is 5.69 Å². The lowest BCUT2D eigenvalue weighted by molar-refractivity contribution is -0.384. The molecule has 0 bridgehead atoms. The molecule has 0 radical (unpaired) electrons. The number of ether oxygens (including phenoxy) is 1. The zero-order valence-corrected chi connectivity index (χ0v) is 15.7. The molecule has 0 amide bonds. The molecule has 1 N–H and O–H groups in total. The fraction of sp³-hybridized carbons (Fsp3) is 0.143. The standard InChI is InChI=1S/C21H18N4O4/c1-3-12-29-20(26)18-13(2)22-21-23-16-6-4-5-7-17(16)24(21)19(18)14-8-10-15(11-9-14)25(27)28/h3-11,19H,1,12H2,2H3,(H,22,23)/t19-/m1/s1. The van der Waals surface area contributed by atoms with Gasteiger partial charge in [0.2, 0.25) is 5.95 Å². The Bertz CT molecular complexity index is 1160. The topological polar surface area (TPSA) is 99.3 Å². The van der Waals surface area contributed by atoms with Crippen LogP contribution in [-0.2, 0) is 9.53 Å². The molecule has 1 aromatic heterocycles. The molecule has 8 nitrogen and oxygen atoms in total. The molecule has 0 saturated heterocycles. The summed E-state index contributed by atoms with van der Waals surface area (Å²) in [4.78, 5) is 28.1. The number of benzene rings is 2. The number of hydrogen-bond donors (Lipinski definition) is 1. The van der Waals surface area contributed by atoms with Crippen LogP contribution in [0.2, 0.25) is 0 Å². The van der Waals surface area contributed by atoms with Gasteiger partial charge in [0.1, 0.15) is 6.61 Å². The summed E-state index contributed by atoms with van der Waals surface area (Å²) in [6.45, 7) is 5.45. The number of nitrogens with zero attached hydrogens (tertiary/aromatic N) is 3. The highest BCUT2D eigenvalue weighted by atomic mass is 16.6. The lowest BCUT2D eigenvalue weighted by Gasteiger charge is -2.30. The predicted molar refractivity (Wildman–Crippen MR) is 108 cm³/mol. The number of anilines is 1. The van der Waals surface area contributed by atoms with Crippen LogP contribution in [0.5, 0.6) is 0 Å². The quantitative estimate of drug-likeness (QED) is 0.306. The third-order valence-electron chi connectivity index (χ3n) is 4.80. The average molecular weight is 390 g/mol. The van der Waals surface area contributed by atoms with Crippen molar-refractivity contribution in [2.75, 3.05) is 11.9 Å². The molecule has 29 heavy (non-hydrogen) atoms. The Morgan fingerprint density at radius 1 is 1.31 bits per heavy atom. The second-order valence-electron chi connectivity index (χ2n) is 6.60. The van der Waals surface area contributed by atoms with E-state index in [0.29, 0.717) is 22.8 Å². The van der Waals surface area contributed by atoms with E-state index in [1.807, 2.05) is 28.8 Å². The maximum absolute atomic E-state index is 12.9. The van der Waals surface area contributed by atoms with E-state index in [0.717, 1.165) is 11.0 Å². The minimum absolute atomic E-state index is 0.0186. The van der Waals surface area contributed by atoms with Crippen LogP contribution in [0.1, 0.15) is 18.5 Å². The molecule has 2 heterocycles. The molecule has 1 atom stereocenters. The highest BCUT2D eigenvalue weighted by Gasteiger charge is 2.35. The average Bonchev–Trinajstić information content (AvgIpc) is 3.08. The second kappa shape index (κ2) is 7.23. The van der Waals surface area contributed by atoms with E-state index in [4.69, 9.17) is 4.74 Å². The maximum atomic E-state index is 12.9. The van der Waals surface area contributed by atoms with Gasteiger partial charge in [-0.3, -0.25) is 14.7 Å². The normalized spacial score (nSPS) is 15.6. The van der Waals surface area contributed by atoms with Gasteiger partial charge in [-0.25, -0.2) is 9.78 Å². The van der Waals surface area contributed by atoms with Crippen molar-refractivity contribution in [3.05, 3.63) is 88.1 Å².